The molecule has 0 unspecified atom stereocenters. The molecule has 0 atom stereocenters. The lowest BCUT2D eigenvalue weighted by atomic mass is 10.2. The van der Waals surface area contributed by atoms with E-state index in [1.54, 1.807) is 11.7 Å². The molecule has 0 saturated carbocycles. The average molecular weight is 338 g/mol. The molecule has 2 N–H and O–H groups in total. The molecule has 3 aromatic rings. The van der Waals surface area contributed by atoms with Crippen LogP contribution >= 0.6 is 0 Å². The number of hydrogen-bond donors (Lipinski definition) is 2. The van der Waals surface area contributed by atoms with Gasteiger partial charge in [-0.05, 0) is 5.56 Å². The minimum absolute atomic E-state index is 0.550. The quantitative estimate of drug-likeness (QED) is 0.516. The molecular formula is C17H22N8. The number of nitrogens with zero attached hydrogens (tertiary/aromatic N) is 6. The Labute approximate surface area is 146 Å². The van der Waals surface area contributed by atoms with Crippen LogP contribution in [0.3, 0.4) is 0 Å². The lowest BCUT2D eigenvalue weighted by Gasteiger charge is -2.13. The van der Waals surface area contributed by atoms with Crippen LogP contribution in [0, 0.1) is 0 Å². The summed E-state index contributed by atoms with van der Waals surface area (Å²) in [5, 5.41) is 10.6. The summed E-state index contributed by atoms with van der Waals surface area (Å²) in [6.45, 7) is 1.93. The van der Waals surface area contributed by atoms with Gasteiger partial charge >= 0.3 is 0 Å². The monoisotopic (exact) mass is 338 g/mol. The number of nitrogens with one attached hydrogen (secondary N) is 2. The van der Waals surface area contributed by atoms with Gasteiger partial charge in [-0.15, -0.1) is 0 Å². The summed E-state index contributed by atoms with van der Waals surface area (Å²) in [7, 11) is 3.60. The number of aliphatic imine (C=N–C) groups is 1. The zero-order chi connectivity index (χ0) is 17.5. The van der Waals surface area contributed by atoms with Crippen molar-refractivity contribution in [1.82, 2.24) is 34.9 Å². The maximum atomic E-state index is 4.43. The average Bonchev–Trinajstić information content (AvgIpc) is 3.25. The Hall–Kier alpha value is -3.16. The summed E-state index contributed by atoms with van der Waals surface area (Å²) in [6.07, 6.45) is 5.34. The molecule has 0 aliphatic rings. The highest BCUT2D eigenvalue weighted by atomic mass is 15.3. The van der Waals surface area contributed by atoms with Crippen molar-refractivity contribution in [2.75, 3.05) is 7.05 Å². The van der Waals surface area contributed by atoms with E-state index in [4.69, 9.17) is 0 Å². The molecule has 0 saturated heterocycles. The number of benzene rings is 1. The summed E-state index contributed by atoms with van der Waals surface area (Å²) in [5.41, 5.74) is 1.24. The van der Waals surface area contributed by atoms with Crippen molar-refractivity contribution >= 4 is 5.96 Å². The summed E-state index contributed by atoms with van der Waals surface area (Å²) in [4.78, 5) is 12.8. The summed E-state index contributed by atoms with van der Waals surface area (Å²) < 4.78 is 3.85. The van der Waals surface area contributed by atoms with E-state index in [0.29, 0.717) is 19.0 Å². The fourth-order valence-corrected chi connectivity index (χ4v) is 2.46. The topological polar surface area (TPSA) is 84.9 Å². The maximum Gasteiger partial charge on any atom is 0.191 e. The molecule has 3 rings (SSSR count). The highest BCUT2D eigenvalue weighted by Gasteiger charge is 2.06. The van der Waals surface area contributed by atoms with Crippen molar-refractivity contribution in [2.24, 2.45) is 12.0 Å². The molecule has 130 valence electrons. The van der Waals surface area contributed by atoms with Gasteiger partial charge in [0, 0.05) is 33.0 Å². The Morgan fingerprint density at radius 1 is 1.08 bits per heavy atom. The summed E-state index contributed by atoms with van der Waals surface area (Å²) in [6, 6.07) is 10.3. The van der Waals surface area contributed by atoms with Gasteiger partial charge < -0.3 is 15.2 Å². The molecule has 8 nitrogen and oxygen atoms in total. The van der Waals surface area contributed by atoms with Crippen LogP contribution in [0.15, 0.2) is 54.0 Å². The first-order chi connectivity index (χ1) is 12.3. The van der Waals surface area contributed by atoms with Crippen molar-refractivity contribution < 1.29 is 0 Å². The van der Waals surface area contributed by atoms with Crippen LogP contribution in [-0.4, -0.2) is 37.3 Å². The third-order valence-corrected chi connectivity index (χ3v) is 3.85. The smallest absolute Gasteiger partial charge is 0.191 e. The van der Waals surface area contributed by atoms with Crippen molar-refractivity contribution in [2.45, 2.75) is 19.6 Å². The predicted molar refractivity (Wildman–Crippen MR) is 95.8 cm³/mol. The van der Waals surface area contributed by atoms with Gasteiger partial charge in [-0.3, -0.25) is 9.67 Å². The second-order valence-corrected chi connectivity index (χ2v) is 5.54. The normalized spacial score (nSPS) is 11.5. The van der Waals surface area contributed by atoms with E-state index in [1.807, 2.05) is 37.6 Å². The standard InChI is InChI=1S/C17H22N8/c1-18-17(20-10-15-22-13-23-24(15)2)21-11-16-19-8-9-25(16)12-14-6-4-3-5-7-14/h3-9,13H,10-12H2,1-2H3,(H2,18,20,21). The Morgan fingerprint density at radius 2 is 1.84 bits per heavy atom. The van der Waals surface area contributed by atoms with Crippen LogP contribution in [0.2, 0.25) is 0 Å². The van der Waals surface area contributed by atoms with E-state index >= 15 is 0 Å². The largest absolute Gasteiger partial charge is 0.349 e. The Morgan fingerprint density at radius 3 is 2.52 bits per heavy atom. The van der Waals surface area contributed by atoms with Gasteiger partial charge in [0.15, 0.2) is 5.96 Å². The molecule has 0 bridgehead atoms. The molecule has 2 aromatic heterocycles. The second kappa shape index (κ2) is 8.09. The third-order valence-electron chi connectivity index (χ3n) is 3.85. The van der Waals surface area contributed by atoms with Crippen LogP contribution < -0.4 is 10.6 Å². The van der Waals surface area contributed by atoms with Crippen LogP contribution in [0.25, 0.3) is 0 Å². The van der Waals surface area contributed by atoms with Gasteiger partial charge in [-0.25, -0.2) is 9.97 Å². The molecule has 0 radical (unpaired) electrons. The molecule has 0 amide bonds. The van der Waals surface area contributed by atoms with Crippen molar-refractivity contribution in [3.8, 4) is 0 Å². The fraction of sp³-hybridized carbons (Fsp3) is 0.294. The lowest BCUT2D eigenvalue weighted by molar-refractivity contribution is 0.660. The SMILES string of the molecule is CN=C(NCc1nccn1Cc1ccccc1)NCc1ncnn1C. The molecule has 0 fully saturated rings. The summed E-state index contributed by atoms with van der Waals surface area (Å²) in [5.74, 6) is 2.48. The van der Waals surface area contributed by atoms with Gasteiger partial charge in [0.25, 0.3) is 0 Å². The molecule has 0 aliphatic heterocycles. The van der Waals surface area contributed by atoms with Crippen LogP contribution in [-0.2, 0) is 26.7 Å². The number of hydrogen-bond acceptors (Lipinski definition) is 4. The van der Waals surface area contributed by atoms with E-state index in [1.165, 1.54) is 11.9 Å². The van der Waals surface area contributed by atoms with Gasteiger partial charge in [-0.2, -0.15) is 5.10 Å². The molecule has 0 aliphatic carbocycles. The van der Waals surface area contributed by atoms with E-state index in [-0.39, 0.29) is 0 Å². The third kappa shape index (κ3) is 4.43. The highest BCUT2D eigenvalue weighted by Crippen LogP contribution is 2.05. The van der Waals surface area contributed by atoms with Crippen LogP contribution in [0.4, 0.5) is 0 Å². The van der Waals surface area contributed by atoms with Crippen LogP contribution in [0.1, 0.15) is 17.2 Å². The van der Waals surface area contributed by atoms with E-state index in [2.05, 4.69) is 47.4 Å². The van der Waals surface area contributed by atoms with E-state index < -0.39 is 0 Å². The number of imidazole rings is 1. The Bertz CT molecular complexity index is 818. The van der Waals surface area contributed by atoms with E-state index in [9.17, 15) is 0 Å². The number of aromatic nitrogens is 5. The van der Waals surface area contributed by atoms with Gasteiger partial charge in [0.05, 0.1) is 13.1 Å². The Balaban J connectivity index is 1.55. The maximum absolute atomic E-state index is 4.43. The van der Waals surface area contributed by atoms with Crippen molar-refractivity contribution in [3.05, 3.63) is 66.3 Å². The molecule has 8 heteroatoms. The first-order valence-corrected chi connectivity index (χ1v) is 8.07. The minimum atomic E-state index is 0.550. The fourth-order valence-electron chi connectivity index (χ4n) is 2.46. The molecular weight excluding hydrogens is 316 g/mol. The van der Waals surface area contributed by atoms with Crippen molar-refractivity contribution in [1.29, 1.82) is 0 Å². The molecule has 25 heavy (non-hydrogen) atoms. The zero-order valence-corrected chi connectivity index (χ0v) is 14.4. The molecule has 0 spiro atoms. The highest BCUT2D eigenvalue weighted by molar-refractivity contribution is 5.79. The van der Waals surface area contributed by atoms with E-state index in [0.717, 1.165) is 18.2 Å². The lowest BCUT2D eigenvalue weighted by Crippen LogP contribution is -2.37. The first-order valence-electron chi connectivity index (χ1n) is 8.07. The first kappa shape index (κ1) is 16.7. The number of rotatable bonds is 6. The van der Waals surface area contributed by atoms with Gasteiger partial charge in [-0.1, -0.05) is 30.3 Å². The van der Waals surface area contributed by atoms with Crippen molar-refractivity contribution in [3.63, 3.8) is 0 Å². The minimum Gasteiger partial charge on any atom is -0.349 e. The van der Waals surface area contributed by atoms with Gasteiger partial charge in [0.1, 0.15) is 18.0 Å². The summed E-state index contributed by atoms with van der Waals surface area (Å²) >= 11 is 0. The predicted octanol–water partition coefficient (Wildman–Crippen LogP) is 0.925. The molecule has 2 heterocycles. The second-order valence-electron chi connectivity index (χ2n) is 5.54. The van der Waals surface area contributed by atoms with Gasteiger partial charge in [0.2, 0.25) is 0 Å². The Kier molecular flexibility index (Phi) is 5.40. The number of aryl methyl sites for hydroxylation is 1. The molecule has 1 aromatic carbocycles. The zero-order valence-electron chi connectivity index (χ0n) is 14.4. The van der Waals surface area contributed by atoms with Crippen LogP contribution in [0.5, 0.6) is 0 Å². The number of guanidine groups is 1.